The Morgan fingerprint density at radius 2 is 2.33 bits per heavy atom. The van der Waals surface area contributed by atoms with Gasteiger partial charge in [0, 0.05) is 17.3 Å². The van der Waals surface area contributed by atoms with Crippen molar-refractivity contribution in [2.45, 2.75) is 29.2 Å². The normalized spacial score (nSPS) is 18.7. The van der Waals surface area contributed by atoms with Gasteiger partial charge < -0.3 is 9.84 Å². The van der Waals surface area contributed by atoms with E-state index in [0.29, 0.717) is 13.2 Å². The first-order chi connectivity index (χ1) is 10.2. The highest BCUT2D eigenvalue weighted by molar-refractivity contribution is 9.10. The minimum Gasteiger partial charge on any atom is -0.386 e. The molecule has 4 nitrogen and oxygen atoms in total. The first kappa shape index (κ1) is 15.1. The lowest BCUT2D eigenvalue weighted by Crippen LogP contribution is -2.20. The molecule has 1 aromatic carbocycles. The monoisotopic (exact) mass is 368 g/mol. The van der Waals surface area contributed by atoms with E-state index in [4.69, 9.17) is 4.74 Å². The number of nitrogens with zero attached hydrogens (tertiary/aromatic N) is 2. The fourth-order valence-corrected chi connectivity index (χ4v) is 4.42. The third kappa shape index (κ3) is 3.04. The lowest BCUT2D eigenvalue weighted by Gasteiger charge is -2.19. The van der Waals surface area contributed by atoms with E-state index < -0.39 is 6.10 Å². The minimum absolute atomic E-state index is 0.122. The van der Waals surface area contributed by atoms with Crippen molar-refractivity contribution in [3.8, 4) is 0 Å². The Kier molecular flexibility index (Phi) is 4.69. The van der Waals surface area contributed by atoms with Crippen LogP contribution in [-0.2, 0) is 17.7 Å². The van der Waals surface area contributed by atoms with Gasteiger partial charge in [-0.25, -0.2) is 0 Å². The van der Waals surface area contributed by atoms with Crippen molar-refractivity contribution in [3.63, 3.8) is 0 Å². The number of hydrogen-bond acceptors (Lipinski definition) is 4. The molecule has 2 atom stereocenters. The molecule has 0 radical (unpaired) electrons. The van der Waals surface area contributed by atoms with Crippen molar-refractivity contribution in [1.82, 2.24) is 9.78 Å². The second kappa shape index (κ2) is 6.52. The Labute approximate surface area is 136 Å². The molecule has 0 amide bonds. The summed E-state index contributed by atoms with van der Waals surface area (Å²) < 4.78 is 7.77. The summed E-state index contributed by atoms with van der Waals surface area (Å²) in [5, 5.41) is 15.2. The van der Waals surface area contributed by atoms with E-state index in [1.54, 1.807) is 25.1 Å². The number of rotatable bonds is 5. The average molecular weight is 369 g/mol. The molecule has 3 rings (SSSR count). The number of methoxy groups -OCH3 is 1. The number of hydrogen-bond donors (Lipinski definition) is 1. The number of thioether (sulfide) groups is 1. The second-order valence-corrected chi connectivity index (χ2v) is 7.14. The Bertz CT molecular complexity index is 607. The molecule has 1 aromatic heterocycles. The highest BCUT2D eigenvalue weighted by atomic mass is 79.9. The van der Waals surface area contributed by atoms with Gasteiger partial charge in [-0.1, -0.05) is 18.2 Å². The Morgan fingerprint density at radius 1 is 1.52 bits per heavy atom. The van der Waals surface area contributed by atoms with Crippen LogP contribution in [-0.4, -0.2) is 33.9 Å². The topological polar surface area (TPSA) is 47.3 Å². The summed E-state index contributed by atoms with van der Waals surface area (Å²) in [4.78, 5) is 1.26. The van der Waals surface area contributed by atoms with E-state index in [-0.39, 0.29) is 5.25 Å². The molecule has 0 bridgehead atoms. The van der Waals surface area contributed by atoms with Gasteiger partial charge in [-0.15, -0.1) is 11.8 Å². The van der Waals surface area contributed by atoms with E-state index in [1.807, 2.05) is 16.8 Å². The molecule has 112 valence electrons. The Balaban J connectivity index is 1.80. The summed E-state index contributed by atoms with van der Waals surface area (Å²) in [6, 6.07) is 8.34. The third-order valence-corrected chi connectivity index (χ3v) is 5.64. The maximum atomic E-state index is 10.8. The van der Waals surface area contributed by atoms with Crippen LogP contribution in [0.4, 0.5) is 0 Å². The molecule has 2 heterocycles. The van der Waals surface area contributed by atoms with Gasteiger partial charge in [0.05, 0.1) is 29.5 Å². The highest BCUT2D eigenvalue weighted by Gasteiger charge is 2.32. The zero-order chi connectivity index (χ0) is 14.8. The first-order valence-corrected chi connectivity index (χ1v) is 8.50. The molecule has 0 saturated heterocycles. The second-order valence-electron chi connectivity index (χ2n) is 5.01. The molecule has 0 aliphatic carbocycles. The van der Waals surface area contributed by atoms with E-state index in [0.717, 1.165) is 16.6 Å². The van der Waals surface area contributed by atoms with Crippen LogP contribution in [0.25, 0.3) is 0 Å². The van der Waals surface area contributed by atoms with Gasteiger partial charge >= 0.3 is 0 Å². The highest BCUT2D eigenvalue weighted by Crippen LogP contribution is 2.43. The number of aliphatic hydroxyl groups excluding tert-OH is 1. The number of fused-ring (bicyclic) bond motifs is 1. The number of aliphatic hydroxyl groups is 1. The summed E-state index contributed by atoms with van der Waals surface area (Å²) in [6.07, 6.45) is 2.06. The molecular weight excluding hydrogens is 352 g/mol. The quantitative estimate of drug-likeness (QED) is 0.880. The minimum atomic E-state index is -0.559. The Morgan fingerprint density at radius 3 is 3.10 bits per heavy atom. The van der Waals surface area contributed by atoms with Crippen LogP contribution in [0.5, 0.6) is 0 Å². The molecule has 0 fully saturated rings. The van der Waals surface area contributed by atoms with Gasteiger partial charge in [0.1, 0.15) is 6.10 Å². The first-order valence-electron chi connectivity index (χ1n) is 6.83. The summed E-state index contributed by atoms with van der Waals surface area (Å²) in [7, 11) is 1.66. The zero-order valence-electron chi connectivity index (χ0n) is 11.7. The molecule has 2 aromatic rings. The van der Waals surface area contributed by atoms with Crippen molar-refractivity contribution >= 4 is 27.7 Å². The smallest absolute Gasteiger partial charge is 0.109 e. The summed E-state index contributed by atoms with van der Waals surface area (Å²) in [5.41, 5.74) is 2.14. The van der Waals surface area contributed by atoms with Crippen LogP contribution in [0, 0.1) is 0 Å². The van der Waals surface area contributed by atoms with Crippen LogP contribution in [0.1, 0.15) is 17.4 Å². The van der Waals surface area contributed by atoms with Gasteiger partial charge in [-0.05, 0) is 34.0 Å². The van der Waals surface area contributed by atoms with Gasteiger partial charge in [-0.3, -0.25) is 4.68 Å². The average Bonchev–Trinajstić information content (AvgIpc) is 3.08. The number of aromatic nitrogens is 2. The molecule has 21 heavy (non-hydrogen) atoms. The van der Waals surface area contributed by atoms with Crippen molar-refractivity contribution in [2.24, 2.45) is 0 Å². The van der Waals surface area contributed by atoms with Gasteiger partial charge in [0.15, 0.2) is 0 Å². The number of halogens is 1. The lowest BCUT2D eigenvalue weighted by molar-refractivity contribution is 0.150. The van der Waals surface area contributed by atoms with Crippen molar-refractivity contribution in [3.05, 3.63) is 46.2 Å². The summed E-state index contributed by atoms with van der Waals surface area (Å²) in [5.74, 6) is 0. The third-order valence-electron chi connectivity index (χ3n) is 3.64. The van der Waals surface area contributed by atoms with E-state index in [9.17, 15) is 5.11 Å². The number of ether oxygens (including phenoxy) is 1. The molecule has 0 spiro atoms. The predicted molar refractivity (Wildman–Crippen MR) is 86.6 cm³/mol. The Hall–Kier alpha value is -0.820. The van der Waals surface area contributed by atoms with Crippen molar-refractivity contribution < 1.29 is 9.84 Å². The van der Waals surface area contributed by atoms with Crippen LogP contribution in [0.2, 0.25) is 0 Å². The fourth-order valence-electron chi connectivity index (χ4n) is 2.58. The molecule has 2 unspecified atom stereocenters. The van der Waals surface area contributed by atoms with E-state index in [2.05, 4.69) is 33.2 Å². The molecule has 1 aliphatic heterocycles. The molecule has 6 heteroatoms. The van der Waals surface area contributed by atoms with Crippen LogP contribution < -0.4 is 0 Å². The molecule has 1 aliphatic rings. The fraction of sp³-hybridized carbons (Fsp3) is 0.400. The van der Waals surface area contributed by atoms with Gasteiger partial charge in [0.25, 0.3) is 0 Å². The standard InChI is InChI=1S/C15H17BrN2O2S/c1-20-7-6-18-14(11(16)9-17-18)15(19)13-8-10-4-2-3-5-12(10)21-13/h2-5,9,13,15,19H,6-8H2,1H3. The van der Waals surface area contributed by atoms with Crippen molar-refractivity contribution in [1.29, 1.82) is 0 Å². The van der Waals surface area contributed by atoms with E-state index >= 15 is 0 Å². The number of benzene rings is 1. The lowest BCUT2D eigenvalue weighted by atomic mass is 10.0. The summed E-state index contributed by atoms with van der Waals surface area (Å²) in [6.45, 7) is 1.21. The van der Waals surface area contributed by atoms with Crippen LogP contribution in [0.15, 0.2) is 39.8 Å². The van der Waals surface area contributed by atoms with Gasteiger partial charge in [0.2, 0.25) is 0 Å². The summed E-state index contributed by atoms with van der Waals surface area (Å²) >= 11 is 5.24. The van der Waals surface area contributed by atoms with E-state index in [1.165, 1.54) is 10.5 Å². The maximum absolute atomic E-state index is 10.8. The zero-order valence-corrected chi connectivity index (χ0v) is 14.1. The maximum Gasteiger partial charge on any atom is 0.109 e. The van der Waals surface area contributed by atoms with Crippen molar-refractivity contribution in [2.75, 3.05) is 13.7 Å². The predicted octanol–water partition coefficient (Wildman–Crippen LogP) is 3.04. The van der Waals surface area contributed by atoms with Gasteiger partial charge in [-0.2, -0.15) is 5.10 Å². The molecular formula is C15H17BrN2O2S. The molecule has 0 saturated carbocycles. The molecule has 1 N–H and O–H groups in total. The largest absolute Gasteiger partial charge is 0.386 e. The SMILES string of the molecule is COCCn1ncc(Br)c1C(O)C1Cc2ccccc2S1. The van der Waals surface area contributed by atoms with Crippen LogP contribution in [0.3, 0.4) is 0 Å². The van der Waals surface area contributed by atoms with Crippen LogP contribution >= 0.6 is 27.7 Å².